The molecule has 150 valence electrons. The van der Waals surface area contributed by atoms with E-state index in [1.807, 2.05) is 19.1 Å². The lowest BCUT2D eigenvalue weighted by atomic mass is 10.1. The number of amides is 2. The van der Waals surface area contributed by atoms with Crippen LogP contribution in [-0.2, 0) is 4.79 Å². The number of phenolic OH excluding ortho intramolecular Hbond substituents is 1. The van der Waals surface area contributed by atoms with Gasteiger partial charge in [0.05, 0.1) is 0 Å². The van der Waals surface area contributed by atoms with Crippen LogP contribution in [0.1, 0.15) is 67.8 Å². The fourth-order valence-corrected chi connectivity index (χ4v) is 2.93. The van der Waals surface area contributed by atoms with Crippen LogP contribution in [-0.4, -0.2) is 16.9 Å². The predicted molar refractivity (Wildman–Crippen MR) is 114 cm³/mol. The van der Waals surface area contributed by atoms with Gasteiger partial charge in [-0.25, -0.2) is 0 Å². The third-order valence-corrected chi connectivity index (χ3v) is 4.66. The number of unbranched alkanes of at least 4 members (excludes halogenated alkanes) is 5. The summed E-state index contributed by atoms with van der Waals surface area (Å²) in [4.78, 5) is 24.5. The van der Waals surface area contributed by atoms with Crippen LogP contribution in [0.5, 0.6) is 5.75 Å². The molecule has 5 heteroatoms. The maximum atomic E-state index is 12.4. The monoisotopic (exact) mass is 382 g/mol. The second-order valence-electron chi connectivity index (χ2n) is 7.10. The Hall–Kier alpha value is -2.82. The van der Waals surface area contributed by atoms with Crippen molar-refractivity contribution in [2.75, 3.05) is 10.6 Å². The predicted octanol–water partition coefficient (Wildman–Crippen LogP) is 5.64. The van der Waals surface area contributed by atoms with Crippen molar-refractivity contribution >= 4 is 23.2 Å². The van der Waals surface area contributed by atoms with Gasteiger partial charge in [-0.2, -0.15) is 0 Å². The molecule has 0 unspecified atom stereocenters. The number of aryl methyl sites for hydroxylation is 1. The normalized spacial score (nSPS) is 10.5. The lowest BCUT2D eigenvalue weighted by Gasteiger charge is -2.12. The molecule has 3 N–H and O–H groups in total. The molecule has 5 nitrogen and oxygen atoms in total. The van der Waals surface area contributed by atoms with Gasteiger partial charge in [-0.3, -0.25) is 9.59 Å². The van der Waals surface area contributed by atoms with Gasteiger partial charge in [-0.05, 0) is 55.3 Å². The summed E-state index contributed by atoms with van der Waals surface area (Å²) in [6.07, 6.45) is 7.38. The first kappa shape index (κ1) is 21.5. The summed E-state index contributed by atoms with van der Waals surface area (Å²) in [7, 11) is 0. The third kappa shape index (κ3) is 7.06. The molecule has 0 saturated heterocycles. The summed E-state index contributed by atoms with van der Waals surface area (Å²) < 4.78 is 0. The topological polar surface area (TPSA) is 78.4 Å². The minimum atomic E-state index is -0.265. The molecule has 2 aromatic carbocycles. The first-order chi connectivity index (χ1) is 13.5. The van der Waals surface area contributed by atoms with Crippen molar-refractivity contribution in [3.05, 3.63) is 53.6 Å². The van der Waals surface area contributed by atoms with Crippen molar-refractivity contribution < 1.29 is 14.7 Å². The third-order valence-electron chi connectivity index (χ3n) is 4.66. The molecule has 0 saturated carbocycles. The molecule has 0 bridgehead atoms. The number of aromatic hydroxyl groups is 1. The van der Waals surface area contributed by atoms with Crippen LogP contribution in [0.25, 0.3) is 0 Å². The maximum Gasteiger partial charge on any atom is 0.255 e. The lowest BCUT2D eigenvalue weighted by molar-refractivity contribution is -0.116. The number of anilines is 2. The lowest BCUT2D eigenvalue weighted by Crippen LogP contribution is -2.14. The average molecular weight is 383 g/mol. The molecule has 0 aromatic heterocycles. The van der Waals surface area contributed by atoms with Gasteiger partial charge in [0.1, 0.15) is 5.75 Å². The summed E-state index contributed by atoms with van der Waals surface area (Å²) in [6.45, 7) is 4.09. The second kappa shape index (κ2) is 11.1. The van der Waals surface area contributed by atoms with Crippen LogP contribution < -0.4 is 10.6 Å². The smallest absolute Gasteiger partial charge is 0.255 e. The highest BCUT2D eigenvalue weighted by Crippen LogP contribution is 2.22. The fraction of sp³-hybridized carbons (Fsp3) is 0.391. The van der Waals surface area contributed by atoms with E-state index in [1.54, 1.807) is 18.2 Å². The second-order valence-corrected chi connectivity index (χ2v) is 7.10. The van der Waals surface area contributed by atoms with Crippen LogP contribution in [0.3, 0.4) is 0 Å². The molecule has 0 spiro atoms. The number of nitrogens with one attached hydrogen (secondary N) is 2. The minimum Gasteiger partial charge on any atom is -0.508 e. The zero-order chi connectivity index (χ0) is 20.4. The zero-order valence-corrected chi connectivity index (χ0v) is 16.8. The van der Waals surface area contributed by atoms with Gasteiger partial charge in [0, 0.05) is 23.4 Å². The summed E-state index contributed by atoms with van der Waals surface area (Å²) in [5, 5.41) is 15.1. The quantitative estimate of drug-likeness (QED) is 0.465. The first-order valence-electron chi connectivity index (χ1n) is 10.0. The van der Waals surface area contributed by atoms with Gasteiger partial charge in [0.15, 0.2) is 0 Å². The number of benzene rings is 2. The molecule has 28 heavy (non-hydrogen) atoms. The van der Waals surface area contributed by atoms with E-state index in [0.717, 1.165) is 18.4 Å². The van der Waals surface area contributed by atoms with E-state index >= 15 is 0 Å². The summed E-state index contributed by atoms with van der Waals surface area (Å²) in [5.74, 6) is -0.156. The summed E-state index contributed by atoms with van der Waals surface area (Å²) >= 11 is 0. The van der Waals surface area contributed by atoms with E-state index < -0.39 is 0 Å². The van der Waals surface area contributed by atoms with Gasteiger partial charge >= 0.3 is 0 Å². The van der Waals surface area contributed by atoms with Gasteiger partial charge in [-0.1, -0.05) is 45.1 Å². The maximum absolute atomic E-state index is 12.4. The Morgan fingerprint density at radius 1 is 0.893 bits per heavy atom. The Balaban J connectivity index is 1.88. The van der Waals surface area contributed by atoms with E-state index in [4.69, 9.17) is 0 Å². The SMILES string of the molecule is CCCCCCCCC(=O)Nc1ccc(C)c(NC(=O)c2ccc(O)cc2)c1. The van der Waals surface area contributed by atoms with Crippen molar-refractivity contribution in [3.8, 4) is 5.75 Å². The standard InChI is InChI=1S/C23H30N2O3/c1-3-4-5-6-7-8-9-22(27)24-19-13-10-17(2)21(16-19)25-23(28)18-11-14-20(26)15-12-18/h10-16,26H,3-9H2,1-2H3,(H,24,27)(H,25,28). The summed E-state index contributed by atoms with van der Waals surface area (Å²) in [6, 6.07) is 11.5. The molecule has 0 aliphatic rings. The zero-order valence-electron chi connectivity index (χ0n) is 16.8. The van der Waals surface area contributed by atoms with E-state index in [0.29, 0.717) is 23.4 Å². The van der Waals surface area contributed by atoms with Crippen LogP contribution in [0, 0.1) is 6.92 Å². The molecular formula is C23H30N2O3. The van der Waals surface area contributed by atoms with Crippen molar-refractivity contribution in [3.63, 3.8) is 0 Å². The fourth-order valence-electron chi connectivity index (χ4n) is 2.93. The van der Waals surface area contributed by atoms with Gasteiger partial charge in [-0.15, -0.1) is 0 Å². The molecular weight excluding hydrogens is 352 g/mol. The Labute approximate surface area is 167 Å². The number of carbonyl (C=O) groups is 2. The van der Waals surface area contributed by atoms with E-state index in [2.05, 4.69) is 17.6 Å². The first-order valence-corrected chi connectivity index (χ1v) is 10.0. The Morgan fingerprint density at radius 3 is 2.29 bits per heavy atom. The Morgan fingerprint density at radius 2 is 1.57 bits per heavy atom. The summed E-state index contributed by atoms with van der Waals surface area (Å²) in [5.41, 5.74) is 2.67. The number of carbonyl (C=O) groups excluding carboxylic acids is 2. The number of rotatable bonds is 10. The largest absolute Gasteiger partial charge is 0.508 e. The van der Waals surface area contributed by atoms with Crippen molar-refractivity contribution in [1.29, 1.82) is 0 Å². The van der Waals surface area contributed by atoms with Crippen molar-refractivity contribution in [2.45, 2.75) is 58.8 Å². The van der Waals surface area contributed by atoms with Gasteiger partial charge < -0.3 is 15.7 Å². The van der Waals surface area contributed by atoms with E-state index in [1.165, 1.54) is 37.8 Å². The van der Waals surface area contributed by atoms with E-state index in [-0.39, 0.29) is 17.6 Å². The number of phenols is 1. The van der Waals surface area contributed by atoms with Crippen LogP contribution >= 0.6 is 0 Å². The molecule has 2 amide bonds. The van der Waals surface area contributed by atoms with Crippen molar-refractivity contribution in [2.24, 2.45) is 0 Å². The highest BCUT2D eigenvalue weighted by atomic mass is 16.3. The minimum absolute atomic E-state index is 0.00449. The van der Waals surface area contributed by atoms with Gasteiger partial charge in [0.2, 0.25) is 5.91 Å². The van der Waals surface area contributed by atoms with Crippen molar-refractivity contribution in [1.82, 2.24) is 0 Å². The molecule has 0 aliphatic heterocycles. The van der Waals surface area contributed by atoms with E-state index in [9.17, 15) is 14.7 Å². The number of hydrogen-bond donors (Lipinski definition) is 3. The molecule has 0 radical (unpaired) electrons. The molecule has 0 aliphatic carbocycles. The average Bonchev–Trinajstić information content (AvgIpc) is 2.67. The molecule has 0 heterocycles. The van der Waals surface area contributed by atoms with Crippen LogP contribution in [0.2, 0.25) is 0 Å². The Bertz CT molecular complexity index is 785. The van der Waals surface area contributed by atoms with Crippen LogP contribution in [0.15, 0.2) is 42.5 Å². The molecule has 2 rings (SSSR count). The Kier molecular flexibility index (Phi) is 8.53. The molecule has 2 aromatic rings. The van der Waals surface area contributed by atoms with Gasteiger partial charge in [0.25, 0.3) is 5.91 Å². The highest BCUT2D eigenvalue weighted by molar-refractivity contribution is 6.05. The number of hydrogen-bond acceptors (Lipinski definition) is 3. The molecule has 0 fully saturated rings. The highest BCUT2D eigenvalue weighted by Gasteiger charge is 2.10. The van der Waals surface area contributed by atoms with Crippen LogP contribution in [0.4, 0.5) is 11.4 Å². The molecule has 0 atom stereocenters.